The second-order valence-corrected chi connectivity index (χ2v) is 5.95. The van der Waals surface area contributed by atoms with Crippen molar-refractivity contribution < 1.29 is 14.3 Å². The van der Waals surface area contributed by atoms with E-state index in [0.29, 0.717) is 18.8 Å². The minimum Gasteiger partial charge on any atom is -0.483 e. The lowest BCUT2D eigenvalue weighted by Gasteiger charge is -2.22. The quantitative estimate of drug-likeness (QED) is 0.803. The molecule has 2 aromatic rings. The topological polar surface area (TPSA) is 72.6 Å². The number of nitrogens with two attached hydrogens (primary N) is 1. The highest BCUT2D eigenvalue weighted by Crippen LogP contribution is 2.17. The number of carbonyl (C=O) groups excluding carboxylic acids is 2. The molecule has 2 rings (SSSR count). The van der Waals surface area contributed by atoms with Gasteiger partial charge in [-0.25, -0.2) is 0 Å². The second kappa shape index (κ2) is 8.87. The van der Waals surface area contributed by atoms with Crippen LogP contribution in [0.25, 0.3) is 0 Å². The largest absolute Gasteiger partial charge is 0.483 e. The lowest BCUT2D eigenvalue weighted by Crippen LogP contribution is -2.35. The van der Waals surface area contributed by atoms with E-state index in [1.165, 1.54) is 5.56 Å². The molecule has 0 spiro atoms. The Balaban J connectivity index is 2.03. The van der Waals surface area contributed by atoms with Gasteiger partial charge in [0.1, 0.15) is 5.75 Å². The average molecular weight is 340 g/mol. The van der Waals surface area contributed by atoms with E-state index in [2.05, 4.69) is 0 Å². The summed E-state index contributed by atoms with van der Waals surface area (Å²) in [7, 11) is 0. The van der Waals surface area contributed by atoms with Crippen LogP contribution in [0, 0.1) is 6.92 Å². The number of rotatable bonds is 8. The molecule has 0 aromatic heterocycles. The number of para-hydroxylation sites is 1. The van der Waals surface area contributed by atoms with E-state index in [1.807, 2.05) is 38.1 Å². The number of ether oxygens (including phenoxy) is 1. The predicted molar refractivity (Wildman–Crippen MR) is 97.3 cm³/mol. The summed E-state index contributed by atoms with van der Waals surface area (Å²) in [6.07, 6.45) is 0.857. The predicted octanol–water partition coefficient (Wildman–Crippen LogP) is 2.91. The van der Waals surface area contributed by atoms with Gasteiger partial charge in [-0.1, -0.05) is 48.9 Å². The number of aryl methyl sites for hydroxylation is 1. The van der Waals surface area contributed by atoms with E-state index in [-0.39, 0.29) is 18.1 Å². The summed E-state index contributed by atoms with van der Waals surface area (Å²) in [5, 5.41) is 0. The highest BCUT2D eigenvalue weighted by molar-refractivity contribution is 5.95. The number of primary amides is 1. The van der Waals surface area contributed by atoms with Crippen LogP contribution in [0.3, 0.4) is 0 Å². The van der Waals surface area contributed by atoms with Crippen molar-refractivity contribution in [2.75, 3.05) is 13.2 Å². The molecule has 0 fully saturated rings. The molecule has 0 bridgehead atoms. The van der Waals surface area contributed by atoms with E-state index in [0.717, 1.165) is 12.0 Å². The highest BCUT2D eigenvalue weighted by atomic mass is 16.5. The molecule has 2 amide bonds. The van der Waals surface area contributed by atoms with Crippen LogP contribution < -0.4 is 10.5 Å². The van der Waals surface area contributed by atoms with Crippen LogP contribution in [0.5, 0.6) is 5.75 Å². The molecule has 0 aliphatic carbocycles. The summed E-state index contributed by atoms with van der Waals surface area (Å²) in [5.74, 6) is -0.370. The van der Waals surface area contributed by atoms with E-state index in [4.69, 9.17) is 10.5 Å². The van der Waals surface area contributed by atoms with Crippen molar-refractivity contribution in [2.24, 2.45) is 5.73 Å². The molecular weight excluding hydrogens is 316 g/mol. The van der Waals surface area contributed by atoms with Gasteiger partial charge in [0.2, 0.25) is 0 Å². The van der Waals surface area contributed by atoms with E-state index in [9.17, 15) is 9.59 Å². The summed E-state index contributed by atoms with van der Waals surface area (Å²) in [6.45, 7) is 5.11. The Morgan fingerprint density at radius 3 is 2.40 bits per heavy atom. The number of hydrogen-bond donors (Lipinski definition) is 1. The normalized spacial score (nSPS) is 10.3. The molecule has 5 heteroatoms. The van der Waals surface area contributed by atoms with Crippen LogP contribution in [-0.2, 0) is 11.3 Å². The van der Waals surface area contributed by atoms with Crippen LogP contribution >= 0.6 is 0 Å². The Hall–Kier alpha value is -2.82. The fourth-order valence-electron chi connectivity index (χ4n) is 2.50. The van der Waals surface area contributed by atoms with E-state index in [1.54, 1.807) is 29.2 Å². The number of benzene rings is 2. The van der Waals surface area contributed by atoms with Crippen LogP contribution in [0.15, 0.2) is 48.5 Å². The zero-order chi connectivity index (χ0) is 18.2. The minimum absolute atomic E-state index is 0.123. The van der Waals surface area contributed by atoms with Gasteiger partial charge in [-0.3, -0.25) is 9.59 Å². The summed E-state index contributed by atoms with van der Waals surface area (Å²) >= 11 is 0. The monoisotopic (exact) mass is 340 g/mol. The smallest absolute Gasteiger partial charge is 0.260 e. The summed E-state index contributed by atoms with van der Waals surface area (Å²) in [6, 6.07) is 14.8. The summed E-state index contributed by atoms with van der Waals surface area (Å²) < 4.78 is 5.55. The number of nitrogens with zero attached hydrogens (tertiary/aromatic N) is 1. The molecule has 2 aromatic carbocycles. The third-order valence-corrected chi connectivity index (χ3v) is 3.84. The molecule has 0 saturated heterocycles. The van der Waals surface area contributed by atoms with Crippen molar-refractivity contribution in [3.63, 3.8) is 0 Å². The van der Waals surface area contributed by atoms with Crippen LogP contribution in [0.1, 0.15) is 34.8 Å². The summed E-state index contributed by atoms with van der Waals surface area (Å²) in [5.41, 5.74) is 7.86. The van der Waals surface area contributed by atoms with E-state index < -0.39 is 5.91 Å². The van der Waals surface area contributed by atoms with Gasteiger partial charge in [0.05, 0.1) is 5.56 Å². The molecule has 0 radical (unpaired) electrons. The first-order valence-electron chi connectivity index (χ1n) is 8.36. The Kier molecular flexibility index (Phi) is 6.57. The molecule has 132 valence electrons. The van der Waals surface area contributed by atoms with Crippen LogP contribution in [-0.4, -0.2) is 29.9 Å². The first kappa shape index (κ1) is 18.5. The minimum atomic E-state index is -0.576. The molecule has 0 unspecified atom stereocenters. The van der Waals surface area contributed by atoms with Crippen molar-refractivity contribution in [1.29, 1.82) is 0 Å². The number of hydrogen-bond acceptors (Lipinski definition) is 3. The Morgan fingerprint density at radius 1 is 1.08 bits per heavy atom. The van der Waals surface area contributed by atoms with Gasteiger partial charge in [-0.15, -0.1) is 0 Å². The summed E-state index contributed by atoms with van der Waals surface area (Å²) in [4.78, 5) is 25.7. The molecule has 0 aliphatic rings. The maximum atomic E-state index is 12.5. The third-order valence-electron chi connectivity index (χ3n) is 3.84. The first-order valence-corrected chi connectivity index (χ1v) is 8.36. The zero-order valence-electron chi connectivity index (χ0n) is 14.7. The van der Waals surface area contributed by atoms with Crippen molar-refractivity contribution >= 4 is 11.8 Å². The molecule has 0 heterocycles. The average Bonchev–Trinajstić information content (AvgIpc) is 2.61. The molecule has 0 aliphatic heterocycles. The highest BCUT2D eigenvalue weighted by Gasteiger charge is 2.16. The molecule has 2 N–H and O–H groups in total. The lowest BCUT2D eigenvalue weighted by atomic mass is 10.1. The van der Waals surface area contributed by atoms with Gasteiger partial charge in [0.15, 0.2) is 6.61 Å². The van der Waals surface area contributed by atoms with Gasteiger partial charge < -0.3 is 15.4 Å². The maximum Gasteiger partial charge on any atom is 0.260 e. The fraction of sp³-hybridized carbons (Fsp3) is 0.300. The second-order valence-electron chi connectivity index (χ2n) is 5.95. The zero-order valence-corrected chi connectivity index (χ0v) is 14.7. The molecule has 0 saturated carbocycles. The fourth-order valence-corrected chi connectivity index (χ4v) is 2.50. The SMILES string of the molecule is CCCN(Cc1ccc(C)cc1)C(=O)COc1ccccc1C(N)=O. The van der Waals surface area contributed by atoms with E-state index >= 15 is 0 Å². The number of carbonyl (C=O) groups is 2. The Bertz CT molecular complexity index is 726. The lowest BCUT2D eigenvalue weighted by molar-refractivity contribution is -0.134. The first-order chi connectivity index (χ1) is 12.0. The number of amides is 2. The molecule has 5 nitrogen and oxygen atoms in total. The van der Waals surface area contributed by atoms with Crippen molar-refractivity contribution in [3.05, 3.63) is 65.2 Å². The van der Waals surface area contributed by atoms with Gasteiger partial charge in [0.25, 0.3) is 11.8 Å². The van der Waals surface area contributed by atoms with Gasteiger partial charge >= 0.3 is 0 Å². The van der Waals surface area contributed by atoms with Gasteiger partial charge in [0, 0.05) is 13.1 Å². The standard InChI is InChI=1S/C20H24N2O3/c1-3-12-22(13-16-10-8-15(2)9-11-16)19(23)14-25-18-7-5-4-6-17(18)20(21)24/h4-11H,3,12-14H2,1-2H3,(H2,21,24). The molecular formula is C20H24N2O3. The van der Waals surface area contributed by atoms with Gasteiger partial charge in [-0.2, -0.15) is 0 Å². The Labute approximate surface area is 148 Å². The van der Waals surface area contributed by atoms with Crippen molar-refractivity contribution in [1.82, 2.24) is 4.90 Å². The maximum absolute atomic E-state index is 12.5. The third kappa shape index (κ3) is 5.35. The Morgan fingerprint density at radius 2 is 1.76 bits per heavy atom. The van der Waals surface area contributed by atoms with Crippen molar-refractivity contribution in [3.8, 4) is 5.75 Å². The molecule has 25 heavy (non-hydrogen) atoms. The van der Waals surface area contributed by atoms with Crippen LogP contribution in [0.2, 0.25) is 0 Å². The molecule has 0 atom stereocenters. The van der Waals surface area contributed by atoms with Gasteiger partial charge in [-0.05, 0) is 31.0 Å². The van der Waals surface area contributed by atoms with Crippen molar-refractivity contribution in [2.45, 2.75) is 26.8 Å². The van der Waals surface area contributed by atoms with Crippen LogP contribution in [0.4, 0.5) is 0 Å².